The number of carbonyl (C=O) groups excluding carboxylic acids is 1. The second kappa shape index (κ2) is 4.97. The van der Waals surface area contributed by atoms with Crippen LogP contribution in [0.2, 0.25) is 0 Å². The van der Waals surface area contributed by atoms with Crippen molar-refractivity contribution in [2.45, 2.75) is 13.0 Å². The van der Waals surface area contributed by atoms with E-state index in [4.69, 9.17) is 0 Å². The zero-order valence-electron chi connectivity index (χ0n) is 9.27. The molecule has 1 atom stereocenters. The third-order valence-electron chi connectivity index (χ3n) is 2.38. The van der Waals surface area contributed by atoms with Gasteiger partial charge in [-0.05, 0) is 30.5 Å². The quantitative estimate of drug-likeness (QED) is 0.871. The summed E-state index contributed by atoms with van der Waals surface area (Å²) >= 11 is 1.57. The summed E-state index contributed by atoms with van der Waals surface area (Å²) in [4.78, 5) is 26.8. The van der Waals surface area contributed by atoms with Gasteiger partial charge in [0.1, 0.15) is 5.56 Å². The number of thiophene rings is 1. The maximum absolute atomic E-state index is 11.8. The topological polar surface area (TPSA) is 62.0 Å². The molecule has 2 aromatic heterocycles. The molecule has 2 heterocycles. The second-order valence-corrected chi connectivity index (χ2v) is 4.60. The summed E-state index contributed by atoms with van der Waals surface area (Å²) < 4.78 is 0. The van der Waals surface area contributed by atoms with Crippen molar-refractivity contribution in [3.05, 3.63) is 56.6 Å². The highest BCUT2D eigenvalue weighted by Gasteiger charge is 2.14. The molecule has 0 aliphatic carbocycles. The maximum atomic E-state index is 11.8. The van der Waals surface area contributed by atoms with Gasteiger partial charge in [0.05, 0.1) is 6.04 Å². The highest BCUT2D eigenvalue weighted by Crippen LogP contribution is 2.18. The first-order valence-electron chi connectivity index (χ1n) is 5.20. The number of aromatic amines is 1. The fourth-order valence-electron chi connectivity index (χ4n) is 1.48. The van der Waals surface area contributed by atoms with E-state index >= 15 is 0 Å². The number of rotatable bonds is 3. The summed E-state index contributed by atoms with van der Waals surface area (Å²) in [6.07, 6.45) is 1.50. The summed E-state index contributed by atoms with van der Waals surface area (Å²) in [7, 11) is 0. The van der Waals surface area contributed by atoms with E-state index in [9.17, 15) is 9.59 Å². The van der Waals surface area contributed by atoms with Crippen LogP contribution < -0.4 is 10.9 Å². The number of pyridine rings is 1. The van der Waals surface area contributed by atoms with Gasteiger partial charge in [0.2, 0.25) is 0 Å². The van der Waals surface area contributed by atoms with E-state index in [1.165, 1.54) is 12.3 Å². The Kier molecular flexibility index (Phi) is 3.39. The van der Waals surface area contributed by atoms with Crippen LogP contribution in [-0.2, 0) is 0 Å². The molecule has 2 rings (SSSR count). The van der Waals surface area contributed by atoms with Crippen molar-refractivity contribution in [1.29, 1.82) is 0 Å². The van der Waals surface area contributed by atoms with Crippen molar-refractivity contribution in [3.8, 4) is 0 Å². The first-order chi connectivity index (χ1) is 8.18. The van der Waals surface area contributed by atoms with Crippen molar-refractivity contribution in [1.82, 2.24) is 10.3 Å². The molecule has 5 heteroatoms. The molecule has 0 unspecified atom stereocenters. The van der Waals surface area contributed by atoms with Crippen LogP contribution in [0.15, 0.2) is 40.6 Å². The Bertz CT molecular complexity index is 560. The van der Waals surface area contributed by atoms with Crippen molar-refractivity contribution >= 4 is 17.2 Å². The maximum Gasteiger partial charge on any atom is 0.260 e. The summed E-state index contributed by atoms with van der Waals surface area (Å²) in [6.45, 7) is 1.89. The predicted octanol–water partition coefficient (Wildman–Crippen LogP) is 1.93. The summed E-state index contributed by atoms with van der Waals surface area (Å²) in [6, 6.07) is 6.92. The van der Waals surface area contributed by atoms with Crippen LogP contribution in [0, 0.1) is 0 Å². The van der Waals surface area contributed by atoms with Crippen molar-refractivity contribution in [2.75, 3.05) is 0 Å². The van der Waals surface area contributed by atoms with Crippen molar-refractivity contribution in [3.63, 3.8) is 0 Å². The molecule has 0 bridgehead atoms. The van der Waals surface area contributed by atoms with Gasteiger partial charge in [0.15, 0.2) is 0 Å². The van der Waals surface area contributed by atoms with Gasteiger partial charge < -0.3 is 10.3 Å². The average Bonchev–Trinajstić information content (AvgIpc) is 2.82. The van der Waals surface area contributed by atoms with E-state index in [1.54, 1.807) is 17.4 Å². The molecule has 0 spiro atoms. The zero-order valence-corrected chi connectivity index (χ0v) is 10.1. The lowest BCUT2D eigenvalue weighted by Crippen LogP contribution is -2.31. The summed E-state index contributed by atoms with van der Waals surface area (Å²) in [5.74, 6) is -0.354. The van der Waals surface area contributed by atoms with Gasteiger partial charge in [0.25, 0.3) is 11.5 Å². The SMILES string of the molecule is C[C@@H](NC(=O)c1ccc[nH]c1=O)c1cccs1. The van der Waals surface area contributed by atoms with E-state index < -0.39 is 0 Å². The van der Waals surface area contributed by atoms with Crippen molar-refractivity contribution in [2.24, 2.45) is 0 Å². The minimum Gasteiger partial charge on any atom is -0.345 e. The van der Waals surface area contributed by atoms with Gasteiger partial charge in [-0.15, -0.1) is 11.3 Å². The molecule has 0 saturated heterocycles. The smallest absolute Gasteiger partial charge is 0.260 e. The Morgan fingerprint density at radius 3 is 2.88 bits per heavy atom. The van der Waals surface area contributed by atoms with Gasteiger partial charge in [-0.2, -0.15) is 0 Å². The highest BCUT2D eigenvalue weighted by atomic mass is 32.1. The van der Waals surface area contributed by atoms with Gasteiger partial charge in [-0.3, -0.25) is 9.59 Å². The van der Waals surface area contributed by atoms with E-state index in [0.717, 1.165) is 4.88 Å². The molecule has 0 aliphatic rings. The Morgan fingerprint density at radius 2 is 2.24 bits per heavy atom. The lowest BCUT2D eigenvalue weighted by Gasteiger charge is -2.11. The highest BCUT2D eigenvalue weighted by molar-refractivity contribution is 7.10. The lowest BCUT2D eigenvalue weighted by molar-refractivity contribution is 0.0939. The normalized spacial score (nSPS) is 12.1. The minimum atomic E-state index is -0.372. The molecule has 0 fully saturated rings. The second-order valence-electron chi connectivity index (χ2n) is 3.62. The lowest BCUT2D eigenvalue weighted by atomic mass is 10.2. The Hall–Kier alpha value is -1.88. The number of hydrogen-bond donors (Lipinski definition) is 2. The minimum absolute atomic E-state index is 0.0953. The van der Waals surface area contributed by atoms with Crippen LogP contribution >= 0.6 is 11.3 Å². The van der Waals surface area contributed by atoms with Gasteiger partial charge in [-0.25, -0.2) is 0 Å². The van der Waals surface area contributed by atoms with Crippen LogP contribution in [0.3, 0.4) is 0 Å². The fraction of sp³-hybridized carbons (Fsp3) is 0.167. The van der Waals surface area contributed by atoms with Crippen LogP contribution in [0.1, 0.15) is 28.2 Å². The van der Waals surface area contributed by atoms with Gasteiger partial charge in [-0.1, -0.05) is 6.07 Å². The molecule has 0 saturated carbocycles. The molecule has 4 nitrogen and oxygen atoms in total. The molecular weight excluding hydrogens is 236 g/mol. The van der Waals surface area contributed by atoms with Crippen LogP contribution in [0.5, 0.6) is 0 Å². The van der Waals surface area contributed by atoms with E-state index in [1.807, 2.05) is 24.4 Å². The molecule has 2 aromatic rings. The monoisotopic (exact) mass is 248 g/mol. The molecule has 1 amide bonds. The molecule has 0 radical (unpaired) electrons. The Balaban J connectivity index is 2.13. The number of aromatic nitrogens is 1. The fourth-order valence-corrected chi connectivity index (χ4v) is 2.22. The number of H-pyrrole nitrogens is 1. The molecule has 88 valence electrons. The standard InChI is InChI=1S/C12H12N2O2S/c1-8(10-5-3-7-17-10)14-12(16)9-4-2-6-13-11(9)15/h2-8H,1H3,(H,13,15)(H,14,16)/t8-/m1/s1. The largest absolute Gasteiger partial charge is 0.345 e. The molecule has 17 heavy (non-hydrogen) atoms. The third-order valence-corrected chi connectivity index (χ3v) is 3.44. The zero-order chi connectivity index (χ0) is 12.3. The van der Waals surface area contributed by atoms with E-state index in [0.29, 0.717) is 0 Å². The predicted molar refractivity (Wildman–Crippen MR) is 67.3 cm³/mol. The molecule has 0 aliphatic heterocycles. The molecule has 0 aromatic carbocycles. The number of hydrogen-bond acceptors (Lipinski definition) is 3. The third kappa shape index (κ3) is 2.62. The Labute approximate surface area is 102 Å². The summed E-state index contributed by atoms with van der Waals surface area (Å²) in [5, 5.41) is 4.74. The summed E-state index contributed by atoms with van der Waals surface area (Å²) in [5.41, 5.74) is -0.237. The number of amides is 1. The number of carbonyl (C=O) groups is 1. The van der Waals surface area contributed by atoms with Crippen molar-refractivity contribution < 1.29 is 4.79 Å². The first kappa shape index (κ1) is 11.6. The van der Waals surface area contributed by atoms with Gasteiger partial charge >= 0.3 is 0 Å². The number of nitrogens with one attached hydrogen (secondary N) is 2. The first-order valence-corrected chi connectivity index (χ1v) is 6.08. The van der Waals surface area contributed by atoms with Crippen LogP contribution in [0.25, 0.3) is 0 Å². The molecule has 2 N–H and O–H groups in total. The van der Waals surface area contributed by atoms with Crippen LogP contribution in [-0.4, -0.2) is 10.9 Å². The van der Waals surface area contributed by atoms with Gasteiger partial charge in [0, 0.05) is 11.1 Å². The van der Waals surface area contributed by atoms with Crippen LogP contribution in [0.4, 0.5) is 0 Å². The Morgan fingerprint density at radius 1 is 1.41 bits per heavy atom. The van der Waals surface area contributed by atoms with E-state index in [2.05, 4.69) is 10.3 Å². The molecular formula is C12H12N2O2S. The van der Waals surface area contributed by atoms with E-state index in [-0.39, 0.29) is 23.1 Å². The average molecular weight is 248 g/mol.